The molecule has 0 saturated heterocycles. The van der Waals surface area contributed by atoms with Gasteiger partial charge in [-0.1, -0.05) is 30.2 Å². The van der Waals surface area contributed by atoms with E-state index in [4.69, 9.17) is 11.2 Å². The third-order valence-corrected chi connectivity index (χ3v) is 4.47. The summed E-state index contributed by atoms with van der Waals surface area (Å²) in [6.07, 6.45) is 7.02. The van der Waals surface area contributed by atoms with Crippen molar-refractivity contribution < 1.29 is 13.9 Å². The van der Waals surface area contributed by atoms with Gasteiger partial charge in [0.05, 0.1) is 11.4 Å². The lowest BCUT2D eigenvalue weighted by Gasteiger charge is -2.23. The van der Waals surface area contributed by atoms with E-state index < -0.39 is 5.82 Å². The number of carbonyl (C=O) groups is 1. The summed E-state index contributed by atoms with van der Waals surface area (Å²) in [6, 6.07) is 13.8. The van der Waals surface area contributed by atoms with Crippen LogP contribution in [0.25, 0.3) is 5.69 Å². The van der Waals surface area contributed by atoms with Gasteiger partial charge in [-0.25, -0.2) is 9.37 Å². The number of nitrogens with zero attached hydrogens (tertiary/aromatic N) is 2. The average molecular weight is 361 g/mol. The van der Waals surface area contributed by atoms with Crippen molar-refractivity contribution in [2.24, 2.45) is 0 Å². The van der Waals surface area contributed by atoms with Gasteiger partial charge < -0.3 is 10.1 Å². The van der Waals surface area contributed by atoms with Crippen LogP contribution in [0.15, 0.2) is 54.9 Å². The normalized spacial score (nSPS) is 15.6. The molecule has 134 valence electrons. The standard InChI is InChI=1S/C21H16FN3O2/c1-2-10-27-15-7-5-6-14(11-15)16-12-19(26)24-21-20(16)23-13-25(21)18-9-4-3-8-17(18)22/h1,3-9,11,13,16H,10,12H2,(H,24,26)/t16-/m0/s1. The van der Waals surface area contributed by atoms with Gasteiger partial charge in [0, 0.05) is 12.3 Å². The molecule has 0 radical (unpaired) electrons. The van der Waals surface area contributed by atoms with Crippen molar-refractivity contribution in [3.63, 3.8) is 0 Å². The first-order chi connectivity index (χ1) is 13.2. The number of imidazole rings is 1. The fourth-order valence-electron chi connectivity index (χ4n) is 3.26. The summed E-state index contributed by atoms with van der Waals surface area (Å²) < 4.78 is 21.3. The van der Waals surface area contributed by atoms with E-state index in [9.17, 15) is 9.18 Å². The highest BCUT2D eigenvalue weighted by Crippen LogP contribution is 2.38. The number of hydrogen-bond acceptors (Lipinski definition) is 3. The minimum absolute atomic E-state index is 0.152. The lowest BCUT2D eigenvalue weighted by atomic mass is 9.89. The maximum atomic E-state index is 14.2. The topological polar surface area (TPSA) is 56.1 Å². The number of carbonyl (C=O) groups excluding carboxylic acids is 1. The molecule has 1 N–H and O–H groups in total. The predicted octanol–water partition coefficient (Wildman–Crippen LogP) is 3.50. The van der Waals surface area contributed by atoms with E-state index in [-0.39, 0.29) is 24.9 Å². The fourth-order valence-corrected chi connectivity index (χ4v) is 3.26. The molecule has 0 aliphatic carbocycles. The van der Waals surface area contributed by atoms with E-state index in [1.165, 1.54) is 12.4 Å². The van der Waals surface area contributed by atoms with Gasteiger partial charge >= 0.3 is 0 Å². The van der Waals surface area contributed by atoms with Crippen molar-refractivity contribution in [1.29, 1.82) is 0 Å². The van der Waals surface area contributed by atoms with Crippen LogP contribution in [0.5, 0.6) is 5.75 Å². The van der Waals surface area contributed by atoms with E-state index in [0.29, 0.717) is 22.9 Å². The van der Waals surface area contributed by atoms with Crippen LogP contribution >= 0.6 is 0 Å². The fraction of sp³-hybridized carbons (Fsp3) is 0.143. The molecule has 1 amide bonds. The molecule has 6 heteroatoms. The number of nitrogens with one attached hydrogen (secondary N) is 1. The van der Waals surface area contributed by atoms with Crippen molar-refractivity contribution in [3.05, 3.63) is 71.9 Å². The Bertz CT molecular complexity index is 1050. The minimum Gasteiger partial charge on any atom is -0.481 e. The molecule has 1 aliphatic heterocycles. The third kappa shape index (κ3) is 3.15. The zero-order valence-electron chi connectivity index (χ0n) is 14.4. The summed E-state index contributed by atoms with van der Waals surface area (Å²) in [6.45, 7) is 0.168. The summed E-state index contributed by atoms with van der Waals surface area (Å²) in [4.78, 5) is 16.8. The molecule has 1 aliphatic rings. The molecule has 1 aromatic heterocycles. The number of benzene rings is 2. The quantitative estimate of drug-likeness (QED) is 0.724. The van der Waals surface area contributed by atoms with Gasteiger partial charge in [-0.05, 0) is 29.8 Å². The number of hydrogen-bond donors (Lipinski definition) is 1. The Morgan fingerprint density at radius 2 is 2.15 bits per heavy atom. The highest BCUT2D eigenvalue weighted by molar-refractivity contribution is 5.94. The lowest BCUT2D eigenvalue weighted by molar-refractivity contribution is -0.116. The molecular weight excluding hydrogens is 345 g/mol. The van der Waals surface area contributed by atoms with Crippen molar-refractivity contribution >= 4 is 11.7 Å². The van der Waals surface area contributed by atoms with Crippen LogP contribution in [0.2, 0.25) is 0 Å². The minimum atomic E-state index is -0.390. The molecule has 2 heterocycles. The van der Waals surface area contributed by atoms with Crippen LogP contribution in [-0.2, 0) is 4.79 Å². The van der Waals surface area contributed by atoms with E-state index in [1.54, 1.807) is 22.8 Å². The first kappa shape index (κ1) is 16.9. The Labute approximate surface area is 155 Å². The number of anilines is 1. The highest BCUT2D eigenvalue weighted by Gasteiger charge is 2.31. The zero-order valence-corrected chi connectivity index (χ0v) is 14.4. The SMILES string of the molecule is C#CCOc1cccc([C@@H]2CC(=O)Nc3c2ncn3-c2ccccc2F)c1. The van der Waals surface area contributed by atoms with Gasteiger partial charge in [-0.15, -0.1) is 6.42 Å². The maximum Gasteiger partial charge on any atom is 0.226 e. The van der Waals surface area contributed by atoms with Crippen LogP contribution in [0.1, 0.15) is 23.6 Å². The summed E-state index contributed by atoms with van der Waals surface area (Å²) in [5.41, 5.74) is 1.91. The largest absolute Gasteiger partial charge is 0.481 e. The van der Waals surface area contributed by atoms with Crippen LogP contribution < -0.4 is 10.1 Å². The lowest BCUT2D eigenvalue weighted by Crippen LogP contribution is -2.25. The van der Waals surface area contributed by atoms with Gasteiger partial charge in [0.25, 0.3) is 0 Å². The number of fused-ring (bicyclic) bond motifs is 1. The second-order valence-electron chi connectivity index (χ2n) is 6.17. The summed E-state index contributed by atoms with van der Waals surface area (Å²) in [7, 11) is 0. The number of ether oxygens (including phenoxy) is 1. The summed E-state index contributed by atoms with van der Waals surface area (Å²) >= 11 is 0. The molecule has 1 atom stereocenters. The first-order valence-electron chi connectivity index (χ1n) is 8.45. The summed E-state index contributed by atoms with van der Waals surface area (Å²) in [5, 5.41) is 2.82. The number of halogens is 1. The van der Waals surface area contributed by atoms with E-state index >= 15 is 0 Å². The van der Waals surface area contributed by atoms with Gasteiger partial charge in [0.1, 0.15) is 30.3 Å². The Morgan fingerprint density at radius 1 is 1.30 bits per heavy atom. The number of amides is 1. The molecule has 0 saturated carbocycles. The van der Waals surface area contributed by atoms with Crippen molar-refractivity contribution in [2.75, 3.05) is 11.9 Å². The predicted molar refractivity (Wildman–Crippen MR) is 99.4 cm³/mol. The number of rotatable bonds is 4. The smallest absolute Gasteiger partial charge is 0.226 e. The van der Waals surface area contributed by atoms with Crippen LogP contribution in [-0.4, -0.2) is 22.1 Å². The zero-order chi connectivity index (χ0) is 18.8. The number of para-hydroxylation sites is 1. The second kappa shape index (κ2) is 6.96. The molecule has 4 rings (SSSR count). The van der Waals surface area contributed by atoms with Crippen molar-refractivity contribution in [3.8, 4) is 23.8 Å². The molecule has 5 nitrogen and oxygen atoms in total. The second-order valence-corrected chi connectivity index (χ2v) is 6.17. The third-order valence-electron chi connectivity index (χ3n) is 4.47. The molecule has 3 aromatic rings. The summed E-state index contributed by atoms with van der Waals surface area (Å²) in [5.74, 6) is 2.74. The number of terminal acetylenes is 1. The van der Waals surface area contributed by atoms with E-state index in [1.807, 2.05) is 24.3 Å². The first-order valence-corrected chi connectivity index (χ1v) is 8.45. The Morgan fingerprint density at radius 3 is 2.96 bits per heavy atom. The Balaban J connectivity index is 1.76. The van der Waals surface area contributed by atoms with Gasteiger partial charge in [0.2, 0.25) is 5.91 Å². The van der Waals surface area contributed by atoms with E-state index in [2.05, 4.69) is 16.2 Å². The maximum absolute atomic E-state index is 14.2. The van der Waals surface area contributed by atoms with E-state index in [0.717, 1.165) is 5.56 Å². The molecule has 0 fully saturated rings. The van der Waals surface area contributed by atoms with Crippen molar-refractivity contribution in [2.45, 2.75) is 12.3 Å². The highest BCUT2D eigenvalue weighted by atomic mass is 19.1. The molecular formula is C21H16FN3O2. The Kier molecular flexibility index (Phi) is 4.35. The van der Waals surface area contributed by atoms with Gasteiger partial charge in [-0.2, -0.15) is 0 Å². The molecule has 0 bridgehead atoms. The van der Waals surface area contributed by atoms with Gasteiger partial charge in [-0.3, -0.25) is 9.36 Å². The van der Waals surface area contributed by atoms with Crippen molar-refractivity contribution in [1.82, 2.24) is 9.55 Å². The molecule has 0 spiro atoms. The monoisotopic (exact) mass is 361 g/mol. The molecule has 0 unspecified atom stereocenters. The van der Waals surface area contributed by atoms with Gasteiger partial charge in [0.15, 0.2) is 0 Å². The van der Waals surface area contributed by atoms with Crippen LogP contribution in [0, 0.1) is 18.2 Å². The molecule has 27 heavy (non-hydrogen) atoms. The van der Waals surface area contributed by atoms with Crippen LogP contribution in [0.3, 0.4) is 0 Å². The Hall–Kier alpha value is -3.59. The molecule has 2 aromatic carbocycles. The van der Waals surface area contributed by atoms with Crippen LogP contribution in [0.4, 0.5) is 10.2 Å². The average Bonchev–Trinajstić information content (AvgIpc) is 3.10. The number of aromatic nitrogens is 2.